The predicted molar refractivity (Wildman–Crippen MR) is 66.0 cm³/mol. The first-order valence-corrected chi connectivity index (χ1v) is 5.47. The molecule has 0 saturated carbocycles. The van der Waals surface area contributed by atoms with E-state index in [1.165, 1.54) is 0 Å². The van der Waals surface area contributed by atoms with Gasteiger partial charge in [-0.1, -0.05) is 0 Å². The minimum atomic E-state index is 0.723. The van der Waals surface area contributed by atoms with Crippen LogP contribution in [0.15, 0.2) is 36.8 Å². The van der Waals surface area contributed by atoms with Gasteiger partial charge in [0.2, 0.25) is 0 Å². The van der Waals surface area contributed by atoms with Crippen LogP contribution >= 0.6 is 0 Å². The van der Waals surface area contributed by atoms with Gasteiger partial charge in [0, 0.05) is 24.0 Å². The summed E-state index contributed by atoms with van der Waals surface area (Å²) in [5.41, 5.74) is 2.04. The first kappa shape index (κ1) is 11.5. The topological polar surface area (TPSA) is 47.0 Å². The first-order valence-electron chi connectivity index (χ1n) is 5.47. The Balaban J connectivity index is 2.20. The van der Waals surface area contributed by atoms with Gasteiger partial charge in [0.05, 0.1) is 12.4 Å². The molecule has 0 aliphatic rings. The Bertz CT molecular complexity index is 482. The highest BCUT2D eigenvalue weighted by Gasteiger charge is 2.04. The lowest BCUT2D eigenvalue weighted by atomic mass is 10.2. The van der Waals surface area contributed by atoms with Gasteiger partial charge in [-0.15, -0.1) is 0 Å². The van der Waals surface area contributed by atoms with Crippen molar-refractivity contribution in [2.75, 3.05) is 7.05 Å². The number of nitrogens with zero attached hydrogens (tertiary/aromatic N) is 2. The number of pyridine rings is 2. The van der Waals surface area contributed by atoms with Crippen molar-refractivity contribution in [3.63, 3.8) is 0 Å². The number of aryl methyl sites for hydroxylation is 1. The molecule has 17 heavy (non-hydrogen) atoms. The summed E-state index contributed by atoms with van der Waals surface area (Å²) in [6.45, 7) is 2.69. The second kappa shape index (κ2) is 5.41. The molecule has 2 heterocycles. The van der Waals surface area contributed by atoms with Crippen molar-refractivity contribution in [1.82, 2.24) is 15.3 Å². The molecule has 2 rings (SSSR count). The molecular weight excluding hydrogens is 214 g/mol. The average molecular weight is 229 g/mol. The van der Waals surface area contributed by atoms with E-state index in [0.717, 1.165) is 29.3 Å². The van der Waals surface area contributed by atoms with Crippen molar-refractivity contribution in [2.24, 2.45) is 0 Å². The molecule has 0 aliphatic carbocycles. The molecule has 0 saturated heterocycles. The zero-order valence-electron chi connectivity index (χ0n) is 9.97. The highest BCUT2D eigenvalue weighted by atomic mass is 16.5. The Morgan fingerprint density at radius 3 is 2.82 bits per heavy atom. The second-order valence-electron chi connectivity index (χ2n) is 3.75. The second-order valence-corrected chi connectivity index (χ2v) is 3.75. The number of nitrogens with one attached hydrogen (secondary N) is 1. The van der Waals surface area contributed by atoms with Crippen molar-refractivity contribution in [3.8, 4) is 11.5 Å². The van der Waals surface area contributed by atoms with Gasteiger partial charge in [-0.05, 0) is 32.2 Å². The van der Waals surface area contributed by atoms with Crippen molar-refractivity contribution < 1.29 is 4.74 Å². The van der Waals surface area contributed by atoms with Crippen molar-refractivity contribution in [2.45, 2.75) is 13.5 Å². The molecule has 4 nitrogen and oxygen atoms in total. The molecule has 0 aromatic carbocycles. The van der Waals surface area contributed by atoms with Gasteiger partial charge in [0.25, 0.3) is 0 Å². The minimum Gasteiger partial charge on any atom is -0.454 e. The molecule has 0 atom stereocenters. The molecule has 2 aromatic rings. The zero-order chi connectivity index (χ0) is 12.1. The molecule has 2 aromatic heterocycles. The average Bonchev–Trinajstić information content (AvgIpc) is 2.35. The third kappa shape index (κ3) is 3.01. The lowest BCUT2D eigenvalue weighted by Crippen LogP contribution is -2.06. The maximum atomic E-state index is 5.75. The number of hydrogen-bond acceptors (Lipinski definition) is 4. The molecule has 1 N–H and O–H groups in total. The number of ether oxygens (including phenoxy) is 1. The summed E-state index contributed by atoms with van der Waals surface area (Å²) in [4.78, 5) is 8.26. The van der Waals surface area contributed by atoms with Gasteiger partial charge in [-0.25, -0.2) is 0 Å². The Hall–Kier alpha value is -1.94. The van der Waals surface area contributed by atoms with Crippen LogP contribution < -0.4 is 10.1 Å². The standard InChI is InChI=1S/C13H15N3O/c1-10-3-4-12(8-16-10)17-13-9-15-6-5-11(13)7-14-2/h3-6,8-9,14H,7H2,1-2H3. The molecule has 0 bridgehead atoms. The molecule has 0 amide bonds. The smallest absolute Gasteiger partial charge is 0.150 e. The van der Waals surface area contributed by atoms with Gasteiger partial charge in [0.15, 0.2) is 0 Å². The monoisotopic (exact) mass is 229 g/mol. The van der Waals surface area contributed by atoms with E-state index in [2.05, 4.69) is 15.3 Å². The number of aromatic nitrogens is 2. The highest BCUT2D eigenvalue weighted by Crippen LogP contribution is 2.23. The molecule has 0 radical (unpaired) electrons. The Morgan fingerprint density at radius 2 is 2.12 bits per heavy atom. The third-order valence-electron chi connectivity index (χ3n) is 2.35. The largest absolute Gasteiger partial charge is 0.454 e. The number of rotatable bonds is 4. The first-order chi connectivity index (χ1) is 8.29. The SMILES string of the molecule is CNCc1ccncc1Oc1ccc(C)nc1. The fraction of sp³-hybridized carbons (Fsp3) is 0.231. The predicted octanol–water partition coefficient (Wildman–Crippen LogP) is 2.30. The van der Waals surface area contributed by atoms with E-state index in [9.17, 15) is 0 Å². The fourth-order valence-corrected chi connectivity index (χ4v) is 1.48. The summed E-state index contributed by atoms with van der Waals surface area (Å²) in [7, 11) is 1.90. The summed E-state index contributed by atoms with van der Waals surface area (Å²) >= 11 is 0. The summed E-state index contributed by atoms with van der Waals surface area (Å²) in [5.74, 6) is 1.48. The zero-order valence-corrected chi connectivity index (χ0v) is 9.97. The number of hydrogen-bond donors (Lipinski definition) is 1. The Labute approximate surface area is 101 Å². The third-order valence-corrected chi connectivity index (χ3v) is 2.35. The lowest BCUT2D eigenvalue weighted by Gasteiger charge is -2.09. The van der Waals surface area contributed by atoms with E-state index in [-0.39, 0.29) is 0 Å². The van der Waals surface area contributed by atoms with Crippen LogP contribution in [0.3, 0.4) is 0 Å². The van der Waals surface area contributed by atoms with E-state index in [0.29, 0.717) is 0 Å². The van der Waals surface area contributed by atoms with Crippen LogP contribution in [0.4, 0.5) is 0 Å². The Morgan fingerprint density at radius 1 is 1.24 bits per heavy atom. The molecule has 4 heteroatoms. The fourth-order valence-electron chi connectivity index (χ4n) is 1.48. The van der Waals surface area contributed by atoms with Crippen LogP contribution in [-0.4, -0.2) is 17.0 Å². The maximum Gasteiger partial charge on any atom is 0.150 e. The quantitative estimate of drug-likeness (QED) is 0.873. The summed E-state index contributed by atoms with van der Waals surface area (Å²) in [5, 5.41) is 3.10. The van der Waals surface area contributed by atoms with Crippen LogP contribution in [0.5, 0.6) is 11.5 Å². The normalized spacial score (nSPS) is 10.2. The summed E-state index contributed by atoms with van der Waals surface area (Å²) in [6.07, 6.45) is 5.19. The van der Waals surface area contributed by atoms with Crippen LogP contribution in [0, 0.1) is 6.92 Å². The van der Waals surface area contributed by atoms with E-state index < -0.39 is 0 Å². The van der Waals surface area contributed by atoms with Crippen molar-refractivity contribution in [3.05, 3.63) is 48.0 Å². The van der Waals surface area contributed by atoms with Crippen LogP contribution in [-0.2, 0) is 6.54 Å². The molecular formula is C13H15N3O. The van der Waals surface area contributed by atoms with E-state index >= 15 is 0 Å². The Kier molecular flexibility index (Phi) is 3.67. The molecule has 0 unspecified atom stereocenters. The molecule has 0 spiro atoms. The molecule has 0 aliphatic heterocycles. The van der Waals surface area contributed by atoms with Crippen LogP contribution in [0.25, 0.3) is 0 Å². The van der Waals surface area contributed by atoms with Gasteiger partial charge in [-0.3, -0.25) is 9.97 Å². The summed E-state index contributed by atoms with van der Waals surface area (Å²) in [6, 6.07) is 5.76. The van der Waals surface area contributed by atoms with E-state index in [1.807, 2.05) is 32.2 Å². The maximum absolute atomic E-state index is 5.75. The van der Waals surface area contributed by atoms with Crippen LogP contribution in [0.1, 0.15) is 11.3 Å². The van der Waals surface area contributed by atoms with Gasteiger partial charge >= 0.3 is 0 Å². The van der Waals surface area contributed by atoms with Crippen LogP contribution in [0.2, 0.25) is 0 Å². The lowest BCUT2D eigenvalue weighted by molar-refractivity contribution is 0.469. The summed E-state index contributed by atoms with van der Waals surface area (Å²) < 4.78 is 5.75. The highest BCUT2D eigenvalue weighted by molar-refractivity contribution is 5.34. The van der Waals surface area contributed by atoms with Gasteiger partial charge in [-0.2, -0.15) is 0 Å². The van der Waals surface area contributed by atoms with Gasteiger partial charge < -0.3 is 10.1 Å². The van der Waals surface area contributed by atoms with E-state index in [4.69, 9.17) is 4.74 Å². The van der Waals surface area contributed by atoms with Gasteiger partial charge in [0.1, 0.15) is 11.5 Å². The minimum absolute atomic E-state index is 0.723. The van der Waals surface area contributed by atoms with Crippen molar-refractivity contribution >= 4 is 0 Å². The molecule has 0 fully saturated rings. The molecule has 88 valence electrons. The van der Waals surface area contributed by atoms with Crippen molar-refractivity contribution in [1.29, 1.82) is 0 Å². The van der Waals surface area contributed by atoms with E-state index in [1.54, 1.807) is 18.6 Å².